The number of carbonyl (C=O) groups is 3. The molecule has 0 saturated heterocycles. The molecule has 0 aromatic heterocycles. The van der Waals surface area contributed by atoms with Crippen LogP contribution in [-0.4, -0.2) is 41.3 Å². The first-order valence-electron chi connectivity index (χ1n) is 12.0. The molecule has 7 heteroatoms. The van der Waals surface area contributed by atoms with E-state index in [0.717, 1.165) is 28.7 Å². The smallest absolute Gasteiger partial charge is 0.408 e. The van der Waals surface area contributed by atoms with Gasteiger partial charge in [-0.25, -0.2) is 9.59 Å². The number of ether oxygens (including phenoxy) is 1. The van der Waals surface area contributed by atoms with Gasteiger partial charge in [0.2, 0.25) is 5.91 Å². The summed E-state index contributed by atoms with van der Waals surface area (Å²) in [7, 11) is 0. The van der Waals surface area contributed by atoms with Crippen molar-refractivity contribution in [2.24, 2.45) is 0 Å². The van der Waals surface area contributed by atoms with Crippen molar-refractivity contribution < 1.29 is 24.2 Å². The van der Waals surface area contributed by atoms with E-state index >= 15 is 0 Å². The highest BCUT2D eigenvalue weighted by Crippen LogP contribution is 2.44. The second kappa shape index (κ2) is 11.2. The quantitative estimate of drug-likeness (QED) is 0.439. The van der Waals surface area contributed by atoms with Crippen molar-refractivity contribution in [3.05, 3.63) is 59.7 Å². The molecule has 3 N–H and O–H groups in total. The van der Waals surface area contributed by atoms with Crippen LogP contribution in [-0.2, 0) is 14.3 Å². The molecule has 0 radical (unpaired) electrons. The number of hydrogen-bond acceptors (Lipinski definition) is 4. The maximum Gasteiger partial charge on any atom is 0.408 e. The summed E-state index contributed by atoms with van der Waals surface area (Å²) in [4.78, 5) is 37.4. The predicted molar refractivity (Wildman–Crippen MR) is 131 cm³/mol. The summed E-state index contributed by atoms with van der Waals surface area (Å²) in [6.45, 7) is 5.60. The van der Waals surface area contributed by atoms with Gasteiger partial charge < -0.3 is 20.5 Å². The third-order valence-electron chi connectivity index (χ3n) is 6.42. The van der Waals surface area contributed by atoms with Gasteiger partial charge in [-0.05, 0) is 42.0 Å². The molecule has 0 aliphatic heterocycles. The fourth-order valence-electron chi connectivity index (χ4n) is 4.58. The van der Waals surface area contributed by atoms with Gasteiger partial charge in [0.25, 0.3) is 0 Å². The number of nitrogens with one attached hydrogen (secondary N) is 2. The van der Waals surface area contributed by atoms with E-state index in [4.69, 9.17) is 4.74 Å². The summed E-state index contributed by atoms with van der Waals surface area (Å²) in [6.07, 6.45) is 2.12. The van der Waals surface area contributed by atoms with E-state index < -0.39 is 29.6 Å². The lowest BCUT2D eigenvalue weighted by atomic mass is 9.94. The third-order valence-corrected chi connectivity index (χ3v) is 6.42. The number of aliphatic carboxylic acids is 1. The standard InChI is InChI=1S/C27H34N2O5/c1-4-6-15-23(24(30)31)28-25(32)27(3,16-5-2)29-26(33)34-17-22-20-13-9-7-11-18(20)19-12-8-10-14-21(19)22/h7-14,22-23H,4-6,15-17H2,1-3H3,(H,28,32)(H,29,33)(H,30,31)/t23-,27?/m0/s1. The van der Waals surface area contributed by atoms with Crippen LogP contribution in [0.15, 0.2) is 48.5 Å². The molecule has 2 amide bonds. The Hall–Kier alpha value is -3.35. The molecule has 2 atom stereocenters. The molecule has 34 heavy (non-hydrogen) atoms. The van der Waals surface area contributed by atoms with Crippen LogP contribution in [0.4, 0.5) is 4.79 Å². The number of rotatable bonds is 11. The van der Waals surface area contributed by atoms with Gasteiger partial charge in [0, 0.05) is 5.92 Å². The largest absolute Gasteiger partial charge is 0.480 e. The topological polar surface area (TPSA) is 105 Å². The van der Waals surface area contributed by atoms with Crippen molar-refractivity contribution in [2.45, 2.75) is 70.4 Å². The summed E-state index contributed by atoms with van der Waals surface area (Å²) in [5.74, 6) is -1.69. The minimum Gasteiger partial charge on any atom is -0.480 e. The highest BCUT2D eigenvalue weighted by atomic mass is 16.5. The van der Waals surface area contributed by atoms with Crippen LogP contribution >= 0.6 is 0 Å². The summed E-state index contributed by atoms with van der Waals surface area (Å²) < 4.78 is 5.60. The highest BCUT2D eigenvalue weighted by Gasteiger charge is 2.37. The Morgan fingerprint density at radius 3 is 2.12 bits per heavy atom. The van der Waals surface area contributed by atoms with Crippen molar-refractivity contribution in [3.63, 3.8) is 0 Å². The number of amides is 2. The second-order valence-corrected chi connectivity index (χ2v) is 9.04. The number of unbranched alkanes of at least 4 members (excludes halogenated alkanes) is 1. The predicted octanol–water partition coefficient (Wildman–Crippen LogP) is 4.84. The van der Waals surface area contributed by atoms with Crippen LogP contribution in [0, 0.1) is 0 Å². The van der Waals surface area contributed by atoms with Gasteiger partial charge >= 0.3 is 12.1 Å². The Kier molecular flexibility index (Phi) is 8.31. The first-order valence-corrected chi connectivity index (χ1v) is 12.0. The molecule has 2 aromatic carbocycles. The van der Waals surface area contributed by atoms with Crippen LogP contribution in [0.3, 0.4) is 0 Å². The lowest BCUT2D eigenvalue weighted by Gasteiger charge is -2.30. The molecule has 0 saturated carbocycles. The molecule has 3 rings (SSSR count). The van der Waals surface area contributed by atoms with Crippen molar-refractivity contribution in [1.29, 1.82) is 0 Å². The SMILES string of the molecule is CCCC[C@H](NC(=O)C(C)(CCC)NC(=O)OCC1c2ccccc2-c2ccccc21)C(=O)O. The van der Waals surface area contributed by atoms with Gasteiger partial charge in [-0.2, -0.15) is 0 Å². The van der Waals surface area contributed by atoms with Gasteiger partial charge in [-0.15, -0.1) is 0 Å². The molecular weight excluding hydrogens is 432 g/mol. The summed E-state index contributed by atoms with van der Waals surface area (Å²) >= 11 is 0. The number of alkyl carbamates (subject to hydrolysis) is 1. The van der Waals surface area contributed by atoms with Crippen molar-refractivity contribution in [1.82, 2.24) is 10.6 Å². The van der Waals surface area contributed by atoms with E-state index in [-0.39, 0.29) is 12.5 Å². The zero-order chi connectivity index (χ0) is 24.7. The number of carboxylic acid groups (broad SMARTS) is 1. The minimum absolute atomic E-state index is 0.0881. The Bertz CT molecular complexity index is 992. The number of benzene rings is 2. The van der Waals surface area contributed by atoms with Crippen LogP contribution in [0.5, 0.6) is 0 Å². The Labute approximate surface area is 200 Å². The van der Waals surface area contributed by atoms with Gasteiger partial charge in [0.05, 0.1) is 0 Å². The van der Waals surface area contributed by atoms with Crippen LogP contribution in [0.1, 0.15) is 69.9 Å². The average molecular weight is 467 g/mol. The van der Waals surface area contributed by atoms with Gasteiger partial charge in [-0.3, -0.25) is 4.79 Å². The summed E-state index contributed by atoms with van der Waals surface area (Å²) in [5.41, 5.74) is 3.19. The lowest BCUT2D eigenvalue weighted by molar-refractivity contribution is -0.143. The first kappa shape index (κ1) is 25.3. The molecule has 1 aliphatic carbocycles. The van der Waals surface area contributed by atoms with Crippen LogP contribution in [0.25, 0.3) is 11.1 Å². The van der Waals surface area contributed by atoms with E-state index in [1.165, 1.54) is 0 Å². The third kappa shape index (κ3) is 5.58. The maximum absolute atomic E-state index is 13.0. The number of hydrogen-bond donors (Lipinski definition) is 3. The molecular formula is C27H34N2O5. The molecule has 2 aromatic rings. The highest BCUT2D eigenvalue weighted by molar-refractivity contribution is 5.92. The molecule has 1 aliphatic rings. The Morgan fingerprint density at radius 1 is 1.00 bits per heavy atom. The van der Waals surface area contributed by atoms with Gasteiger partial charge in [0.1, 0.15) is 18.2 Å². The molecule has 0 fully saturated rings. The number of carbonyl (C=O) groups excluding carboxylic acids is 2. The fraction of sp³-hybridized carbons (Fsp3) is 0.444. The first-order chi connectivity index (χ1) is 16.3. The van der Waals surface area contributed by atoms with E-state index in [1.807, 2.05) is 50.2 Å². The van der Waals surface area contributed by atoms with Crippen molar-refractivity contribution >= 4 is 18.0 Å². The van der Waals surface area contributed by atoms with E-state index in [2.05, 4.69) is 22.8 Å². The molecule has 0 heterocycles. The maximum atomic E-state index is 13.0. The molecule has 0 bridgehead atoms. The van der Waals surface area contributed by atoms with E-state index in [1.54, 1.807) is 6.92 Å². The van der Waals surface area contributed by atoms with Gasteiger partial charge in [-0.1, -0.05) is 81.6 Å². The second-order valence-electron chi connectivity index (χ2n) is 9.04. The van der Waals surface area contributed by atoms with Crippen molar-refractivity contribution in [3.8, 4) is 11.1 Å². The average Bonchev–Trinajstić information content (AvgIpc) is 3.14. The summed E-state index contributed by atoms with van der Waals surface area (Å²) in [6, 6.07) is 15.1. The molecule has 7 nitrogen and oxygen atoms in total. The monoisotopic (exact) mass is 466 g/mol. The fourth-order valence-corrected chi connectivity index (χ4v) is 4.58. The zero-order valence-electron chi connectivity index (χ0n) is 20.1. The number of fused-ring (bicyclic) bond motifs is 3. The summed E-state index contributed by atoms with van der Waals surface area (Å²) in [5, 5.41) is 14.8. The van der Waals surface area contributed by atoms with Crippen LogP contribution < -0.4 is 10.6 Å². The van der Waals surface area contributed by atoms with Crippen molar-refractivity contribution in [2.75, 3.05) is 6.61 Å². The van der Waals surface area contributed by atoms with Crippen LogP contribution in [0.2, 0.25) is 0 Å². The Morgan fingerprint density at radius 2 is 1.59 bits per heavy atom. The zero-order valence-corrected chi connectivity index (χ0v) is 20.1. The minimum atomic E-state index is -1.28. The number of carboxylic acids is 1. The lowest BCUT2D eigenvalue weighted by Crippen LogP contribution is -2.59. The van der Waals surface area contributed by atoms with E-state index in [0.29, 0.717) is 25.7 Å². The molecule has 182 valence electrons. The normalized spacial score (nSPS) is 14.9. The Balaban J connectivity index is 1.68. The van der Waals surface area contributed by atoms with E-state index in [9.17, 15) is 19.5 Å². The van der Waals surface area contributed by atoms with Gasteiger partial charge in [0.15, 0.2) is 0 Å². The molecule has 0 spiro atoms. The molecule has 1 unspecified atom stereocenters.